The Morgan fingerprint density at radius 2 is 1.92 bits per heavy atom. The van der Waals surface area contributed by atoms with Crippen LogP contribution >= 0.6 is 0 Å². The van der Waals surface area contributed by atoms with Crippen molar-refractivity contribution >= 4 is 0 Å². The normalized spacial score (nSPS) is 12.8. The molecule has 0 bridgehead atoms. The Morgan fingerprint density at radius 1 is 1.25 bits per heavy atom. The molecule has 0 radical (unpaired) electrons. The summed E-state index contributed by atoms with van der Waals surface area (Å²) in [5, 5.41) is 0. The lowest BCUT2D eigenvalue weighted by molar-refractivity contribution is 0.448. The maximum absolute atomic E-state index is 11.9. The SMILES string of the molecule is CC(CCCF)c1ccccc1. The fourth-order valence-electron chi connectivity index (χ4n) is 1.33. The van der Waals surface area contributed by atoms with E-state index in [0.717, 1.165) is 6.42 Å². The maximum atomic E-state index is 11.9. The van der Waals surface area contributed by atoms with E-state index in [0.29, 0.717) is 12.3 Å². The molecular weight excluding hydrogens is 151 g/mol. The van der Waals surface area contributed by atoms with Crippen LogP contribution in [0.25, 0.3) is 0 Å². The summed E-state index contributed by atoms with van der Waals surface area (Å²) in [7, 11) is 0. The van der Waals surface area contributed by atoms with Crippen molar-refractivity contribution in [3.05, 3.63) is 35.9 Å². The van der Waals surface area contributed by atoms with Crippen LogP contribution in [0.3, 0.4) is 0 Å². The quantitative estimate of drug-likeness (QED) is 0.641. The van der Waals surface area contributed by atoms with E-state index in [9.17, 15) is 4.39 Å². The van der Waals surface area contributed by atoms with Crippen molar-refractivity contribution in [3.63, 3.8) is 0 Å². The Hall–Kier alpha value is -0.850. The molecule has 1 aromatic rings. The van der Waals surface area contributed by atoms with Gasteiger partial charge in [0, 0.05) is 0 Å². The molecule has 1 heteroatoms. The van der Waals surface area contributed by atoms with Crippen LogP contribution in [0.15, 0.2) is 30.3 Å². The molecule has 1 unspecified atom stereocenters. The average molecular weight is 166 g/mol. The summed E-state index contributed by atoms with van der Waals surface area (Å²) in [6.07, 6.45) is 1.62. The van der Waals surface area contributed by atoms with Crippen molar-refractivity contribution < 1.29 is 4.39 Å². The van der Waals surface area contributed by atoms with Gasteiger partial charge in [0.2, 0.25) is 0 Å². The molecule has 0 N–H and O–H groups in total. The monoisotopic (exact) mass is 166 g/mol. The van der Waals surface area contributed by atoms with E-state index in [1.165, 1.54) is 5.56 Å². The average Bonchev–Trinajstić information content (AvgIpc) is 2.15. The predicted molar refractivity (Wildman–Crippen MR) is 50.1 cm³/mol. The fraction of sp³-hybridized carbons (Fsp3) is 0.455. The van der Waals surface area contributed by atoms with Gasteiger partial charge >= 0.3 is 0 Å². The van der Waals surface area contributed by atoms with Crippen LogP contribution < -0.4 is 0 Å². The minimum atomic E-state index is -0.197. The van der Waals surface area contributed by atoms with E-state index in [4.69, 9.17) is 0 Å². The minimum Gasteiger partial charge on any atom is -0.251 e. The largest absolute Gasteiger partial charge is 0.251 e. The Labute approximate surface area is 73.4 Å². The van der Waals surface area contributed by atoms with Crippen LogP contribution in [-0.4, -0.2) is 6.67 Å². The number of hydrogen-bond donors (Lipinski definition) is 0. The molecule has 0 nitrogen and oxygen atoms in total. The molecule has 0 saturated heterocycles. The number of halogens is 1. The lowest BCUT2D eigenvalue weighted by Crippen LogP contribution is -1.93. The molecule has 1 aromatic carbocycles. The highest BCUT2D eigenvalue weighted by molar-refractivity contribution is 5.18. The van der Waals surface area contributed by atoms with Gasteiger partial charge < -0.3 is 0 Å². The first-order valence-corrected chi connectivity index (χ1v) is 4.45. The summed E-state index contributed by atoms with van der Waals surface area (Å²) in [5.74, 6) is 0.488. The molecule has 66 valence electrons. The molecule has 0 aromatic heterocycles. The van der Waals surface area contributed by atoms with Gasteiger partial charge in [0.25, 0.3) is 0 Å². The zero-order valence-electron chi connectivity index (χ0n) is 7.46. The van der Waals surface area contributed by atoms with E-state index < -0.39 is 0 Å². The Kier molecular flexibility index (Phi) is 3.78. The van der Waals surface area contributed by atoms with Gasteiger partial charge in [0.1, 0.15) is 0 Å². The van der Waals surface area contributed by atoms with Gasteiger partial charge in [0.15, 0.2) is 0 Å². The van der Waals surface area contributed by atoms with E-state index in [1.54, 1.807) is 0 Å². The molecular formula is C11H15F. The van der Waals surface area contributed by atoms with Crippen molar-refractivity contribution in [2.24, 2.45) is 0 Å². The van der Waals surface area contributed by atoms with E-state index in [1.807, 2.05) is 18.2 Å². The lowest BCUT2D eigenvalue weighted by Gasteiger charge is -2.09. The van der Waals surface area contributed by atoms with E-state index in [2.05, 4.69) is 19.1 Å². The lowest BCUT2D eigenvalue weighted by atomic mass is 9.97. The number of benzene rings is 1. The van der Waals surface area contributed by atoms with Crippen LogP contribution in [0.1, 0.15) is 31.2 Å². The highest BCUT2D eigenvalue weighted by Gasteiger charge is 2.03. The summed E-state index contributed by atoms with van der Waals surface area (Å²) in [6.45, 7) is 1.95. The molecule has 0 saturated carbocycles. The third kappa shape index (κ3) is 2.65. The van der Waals surface area contributed by atoms with E-state index in [-0.39, 0.29) is 6.67 Å². The third-order valence-corrected chi connectivity index (χ3v) is 2.14. The van der Waals surface area contributed by atoms with E-state index >= 15 is 0 Å². The summed E-state index contributed by atoms with van der Waals surface area (Å²) in [5.41, 5.74) is 1.31. The molecule has 0 aliphatic rings. The first-order chi connectivity index (χ1) is 5.84. The smallest absolute Gasteiger partial charge is 0.0894 e. The summed E-state index contributed by atoms with van der Waals surface area (Å²) >= 11 is 0. The number of hydrogen-bond acceptors (Lipinski definition) is 0. The number of rotatable bonds is 4. The van der Waals surface area contributed by atoms with Gasteiger partial charge in [-0.3, -0.25) is 4.39 Å². The number of alkyl halides is 1. The summed E-state index contributed by atoms with van der Waals surface area (Å²) in [4.78, 5) is 0. The second-order valence-electron chi connectivity index (χ2n) is 3.14. The topological polar surface area (TPSA) is 0 Å². The molecule has 1 rings (SSSR count). The van der Waals surface area contributed by atoms with Gasteiger partial charge in [0.05, 0.1) is 6.67 Å². The van der Waals surface area contributed by atoms with Gasteiger partial charge in [-0.15, -0.1) is 0 Å². The zero-order valence-corrected chi connectivity index (χ0v) is 7.46. The summed E-state index contributed by atoms with van der Waals surface area (Å²) < 4.78 is 11.9. The Morgan fingerprint density at radius 3 is 2.50 bits per heavy atom. The van der Waals surface area contributed by atoms with Gasteiger partial charge in [-0.05, 0) is 24.3 Å². The maximum Gasteiger partial charge on any atom is 0.0894 e. The van der Waals surface area contributed by atoms with Crippen molar-refractivity contribution in [1.29, 1.82) is 0 Å². The Balaban J connectivity index is 2.48. The van der Waals surface area contributed by atoms with Crippen molar-refractivity contribution in [3.8, 4) is 0 Å². The predicted octanol–water partition coefficient (Wildman–Crippen LogP) is 3.54. The molecule has 0 amide bonds. The standard InChI is InChI=1S/C11H15F/c1-10(6-5-9-12)11-7-3-2-4-8-11/h2-4,7-8,10H,5-6,9H2,1H3. The summed E-state index contributed by atoms with van der Waals surface area (Å²) in [6, 6.07) is 10.3. The highest BCUT2D eigenvalue weighted by Crippen LogP contribution is 2.19. The molecule has 1 atom stereocenters. The minimum absolute atomic E-state index is 0.197. The van der Waals surface area contributed by atoms with Crippen molar-refractivity contribution in [2.45, 2.75) is 25.7 Å². The van der Waals surface area contributed by atoms with Crippen LogP contribution in [0.4, 0.5) is 4.39 Å². The molecule has 0 aliphatic carbocycles. The first-order valence-electron chi connectivity index (χ1n) is 4.45. The van der Waals surface area contributed by atoms with Crippen LogP contribution in [0.2, 0.25) is 0 Å². The fourth-order valence-corrected chi connectivity index (χ4v) is 1.33. The molecule has 12 heavy (non-hydrogen) atoms. The molecule has 0 heterocycles. The van der Waals surface area contributed by atoms with Crippen molar-refractivity contribution in [2.75, 3.05) is 6.67 Å². The second-order valence-corrected chi connectivity index (χ2v) is 3.14. The van der Waals surface area contributed by atoms with Crippen LogP contribution in [-0.2, 0) is 0 Å². The van der Waals surface area contributed by atoms with Gasteiger partial charge in [-0.25, -0.2) is 0 Å². The molecule has 0 fully saturated rings. The molecule has 0 spiro atoms. The second kappa shape index (κ2) is 4.91. The first kappa shape index (κ1) is 9.24. The Bertz CT molecular complexity index is 206. The van der Waals surface area contributed by atoms with Crippen molar-refractivity contribution in [1.82, 2.24) is 0 Å². The third-order valence-electron chi connectivity index (χ3n) is 2.14. The zero-order chi connectivity index (χ0) is 8.81. The van der Waals surface area contributed by atoms with Crippen LogP contribution in [0.5, 0.6) is 0 Å². The molecule has 0 aliphatic heterocycles. The van der Waals surface area contributed by atoms with Crippen LogP contribution in [0, 0.1) is 0 Å². The van der Waals surface area contributed by atoms with Gasteiger partial charge in [-0.2, -0.15) is 0 Å². The van der Waals surface area contributed by atoms with Gasteiger partial charge in [-0.1, -0.05) is 37.3 Å². The highest BCUT2D eigenvalue weighted by atomic mass is 19.1.